The van der Waals surface area contributed by atoms with E-state index in [2.05, 4.69) is 51.7 Å². The molecule has 0 aromatic heterocycles. The van der Waals surface area contributed by atoms with Crippen LogP contribution in [0.1, 0.15) is 38.8 Å². The summed E-state index contributed by atoms with van der Waals surface area (Å²) in [5.74, 6) is -0.175. The van der Waals surface area contributed by atoms with Crippen molar-refractivity contribution in [1.29, 1.82) is 0 Å². The van der Waals surface area contributed by atoms with Gasteiger partial charge in [0.1, 0.15) is 6.04 Å². The number of nitrogens with zero attached hydrogens (tertiary/aromatic N) is 2. The molecule has 0 radical (unpaired) electrons. The lowest BCUT2D eigenvalue weighted by atomic mass is 10.0. The molecular weight excluding hydrogens is 368 g/mol. The third kappa shape index (κ3) is 7.33. The van der Waals surface area contributed by atoms with Gasteiger partial charge in [0.25, 0.3) is 0 Å². The van der Waals surface area contributed by atoms with Crippen LogP contribution in [0.15, 0.2) is 30.3 Å². The van der Waals surface area contributed by atoms with Crippen molar-refractivity contribution in [2.75, 3.05) is 46.4 Å². The Hall–Kier alpha value is -2.12. The van der Waals surface area contributed by atoms with E-state index < -0.39 is 12.1 Å². The Kier molecular flexibility index (Phi) is 9.41. The molecule has 1 aromatic rings. The first-order valence-corrected chi connectivity index (χ1v) is 10.6. The van der Waals surface area contributed by atoms with Crippen molar-refractivity contribution >= 4 is 12.0 Å². The summed E-state index contributed by atoms with van der Waals surface area (Å²) < 4.78 is 4.90. The number of ether oxygens (including phenoxy) is 1. The predicted octanol–water partition coefficient (Wildman–Crippen LogP) is 2.25. The highest BCUT2D eigenvalue weighted by atomic mass is 16.5. The van der Waals surface area contributed by atoms with E-state index in [0.29, 0.717) is 12.6 Å². The van der Waals surface area contributed by atoms with Gasteiger partial charge >= 0.3 is 6.09 Å². The first-order chi connectivity index (χ1) is 13.9. The molecule has 1 aliphatic heterocycles. The van der Waals surface area contributed by atoms with E-state index >= 15 is 0 Å². The summed E-state index contributed by atoms with van der Waals surface area (Å²) in [7, 11) is 2.16. The van der Waals surface area contributed by atoms with Crippen LogP contribution >= 0.6 is 0 Å². The van der Waals surface area contributed by atoms with Gasteiger partial charge in [0.05, 0.1) is 6.61 Å². The summed E-state index contributed by atoms with van der Waals surface area (Å²) in [6.45, 7) is 10.4. The molecule has 162 valence electrons. The fraction of sp³-hybridized carbons (Fsp3) is 0.636. The molecule has 0 bridgehead atoms. The second-order valence-corrected chi connectivity index (χ2v) is 7.96. The summed E-state index contributed by atoms with van der Waals surface area (Å²) in [5.41, 5.74) is 1.33. The highest BCUT2D eigenvalue weighted by Gasteiger charge is 2.27. The van der Waals surface area contributed by atoms with Crippen LogP contribution in [0, 0.1) is 5.92 Å². The van der Waals surface area contributed by atoms with Gasteiger partial charge in [-0.05, 0) is 31.9 Å². The molecule has 0 saturated carbocycles. The average molecular weight is 405 g/mol. The zero-order chi connectivity index (χ0) is 21.2. The van der Waals surface area contributed by atoms with E-state index in [1.54, 1.807) is 6.92 Å². The number of nitrogens with one attached hydrogen (secondary N) is 2. The van der Waals surface area contributed by atoms with Crippen LogP contribution in [-0.4, -0.2) is 74.2 Å². The molecule has 1 saturated heterocycles. The van der Waals surface area contributed by atoms with Crippen molar-refractivity contribution in [3.8, 4) is 0 Å². The fourth-order valence-corrected chi connectivity index (χ4v) is 3.65. The summed E-state index contributed by atoms with van der Waals surface area (Å²) in [6.07, 6.45) is 0.313. The molecule has 29 heavy (non-hydrogen) atoms. The van der Waals surface area contributed by atoms with E-state index in [0.717, 1.165) is 32.6 Å². The third-order valence-electron chi connectivity index (χ3n) is 5.30. The van der Waals surface area contributed by atoms with Gasteiger partial charge in [0.15, 0.2) is 0 Å². The Bertz CT molecular complexity index is 638. The quantitative estimate of drug-likeness (QED) is 0.618. The molecule has 2 unspecified atom stereocenters. The molecule has 1 fully saturated rings. The molecular formula is C22H36N4O3. The first kappa shape index (κ1) is 23.2. The number of carbonyl (C=O) groups excluding carboxylic acids is 2. The van der Waals surface area contributed by atoms with E-state index in [-0.39, 0.29) is 18.4 Å². The van der Waals surface area contributed by atoms with Crippen LogP contribution in [0.3, 0.4) is 0 Å². The average Bonchev–Trinajstić information content (AvgIpc) is 2.70. The molecule has 1 aromatic carbocycles. The van der Waals surface area contributed by atoms with E-state index in [9.17, 15) is 9.59 Å². The minimum atomic E-state index is -0.588. The number of likely N-dealkylation sites (N-methyl/N-ethyl adjacent to an activating group) is 1. The van der Waals surface area contributed by atoms with Crippen LogP contribution < -0.4 is 10.6 Å². The van der Waals surface area contributed by atoms with Crippen LogP contribution in [-0.2, 0) is 9.53 Å². The van der Waals surface area contributed by atoms with Crippen molar-refractivity contribution in [3.05, 3.63) is 35.9 Å². The topological polar surface area (TPSA) is 73.9 Å². The maximum absolute atomic E-state index is 12.5. The number of alkyl carbamates (subject to hydrolysis) is 1. The van der Waals surface area contributed by atoms with Crippen molar-refractivity contribution in [1.82, 2.24) is 20.4 Å². The van der Waals surface area contributed by atoms with Gasteiger partial charge in [0.2, 0.25) is 5.91 Å². The van der Waals surface area contributed by atoms with Gasteiger partial charge in [-0.15, -0.1) is 0 Å². The Morgan fingerprint density at radius 2 is 1.93 bits per heavy atom. The number of carbonyl (C=O) groups is 2. The summed E-state index contributed by atoms with van der Waals surface area (Å²) in [4.78, 5) is 29.0. The lowest BCUT2D eigenvalue weighted by Crippen LogP contribution is -2.50. The van der Waals surface area contributed by atoms with Crippen LogP contribution in [0.2, 0.25) is 0 Å². The van der Waals surface area contributed by atoms with Crippen molar-refractivity contribution in [3.63, 3.8) is 0 Å². The Morgan fingerprint density at radius 3 is 2.59 bits per heavy atom. The molecule has 0 aliphatic carbocycles. The summed E-state index contributed by atoms with van der Waals surface area (Å²) >= 11 is 0. The Labute approximate surface area is 174 Å². The molecule has 7 heteroatoms. The highest BCUT2D eigenvalue weighted by Crippen LogP contribution is 2.24. The normalized spacial score (nSPS) is 19.0. The number of rotatable bonds is 9. The lowest BCUT2D eigenvalue weighted by Gasteiger charge is -2.40. The number of hydrogen-bond acceptors (Lipinski definition) is 5. The molecule has 1 heterocycles. The minimum absolute atomic E-state index is 0.0144. The van der Waals surface area contributed by atoms with Crippen molar-refractivity contribution in [2.45, 2.75) is 39.3 Å². The zero-order valence-electron chi connectivity index (χ0n) is 18.2. The summed E-state index contributed by atoms with van der Waals surface area (Å²) in [5, 5.41) is 5.62. The monoisotopic (exact) mass is 404 g/mol. The van der Waals surface area contributed by atoms with Gasteiger partial charge < -0.3 is 20.3 Å². The number of piperazine rings is 1. The Balaban J connectivity index is 1.83. The first-order valence-electron chi connectivity index (χ1n) is 10.6. The van der Waals surface area contributed by atoms with Gasteiger partial charge in [-0.1, -0.05) is 44.2 Å². The molecule has 7 nitrogen and oxygen atoms in total. The smallest absolute Gasteiger partial charge is 0.407 e. The summed E-state index contributed by atoms with van der Waals surface area (Å²) in [6, 6.07) is 10.4. The second kappa shape index (κ2) is 11.8. The number of hydrogen-bond donors (Lipinski definition) is 2. The van der Waals surface area contributed by atoms with E-state index in [1.807, 2.05) is 19.9 Å². The van der Waals surface area contributed by atoms with Gasteiger partial charge in [-0.25, -0.2) is 4.79 Å². The van der Waals surface area contributed by atoms with Gasteiger partial charge in [0, 0.05) is 38.8 Å². The SMILES string of the molecule is CCOC(=O)NC(C(=O)NCCCN1CCN(C)CC1c1ccccc1)C(C)C. The van der Waals surface area contributed by atoms with Gasteiger partial charge in [-0.2, -0.15) is 0 Å². The van der Waals surface area contributed by atoms with Gasteiger partial charge in [-0.3, -0.25) is 9.69 Å². The molecule has 1 aliphatic rings. The van der Waals surface area contributed by atoms with E-state index in [4.69, 9.17) is 4.74 Å². The minimum Gasteiger partial charge on any atom is -0.450 e. The fourth-order valence-electron chi connectivity index (χ4n) is 3.65. The van der Waals surface area contributed by atoms with Crippen molar-refractivity contribution < 1.29 is 14.3 Å². The van der Waals surface area contributed by atoms with Crippen molar-refractivity contribution in [2.24, 2.45) is 5.92 Å². The van der Waals surface area contributed by atoms with Crippen LogP contribution in [0.25, 0.3) is 0 Å². The molecule has 2 rings (SSSR count). The zero-order valence-corrected chi connectivity index (χ0v) is 18.2. The van der Waals surface area contributed by atoms with Crippen LogP contribution in [0.5, 0.6) is 0 Å². The number of amides is 2. The third-order valence-corrected chi connectivity index (χ3v) is 5.30. The molecule has 2 atom stereocenters. The molecule has 2 N–H and O–H groups in total. The molecule has 0 spiro atoms. The highest BCUT2D eigenvalue weighted by molar-refractivity contribution is 5.85. The second-order valence-electron chi connectivity index (χ2n) is 7.96. The van der Waals surface area contributed by atoms with Crippen LogP contribution in [0.4, 0.5) is 4.79 Å². The Morgan fingerprint density at radius 1 is 1.21 bits per heavy atom. The lowest BCUT2D eigenvalue weighted by molar-refractivity contribution is -0.124. The largest absolute Gasteiger partial charge is 0.450 e. The standard InChI is InChI=1S/C22H36N4O3/c1-5-29-22(28)24-20(17(2)3)21(27)23-12-9-13-26-15-14-25(4)16-19(26)18-10-7-6-8-11-18/h6-8,10-11,17,19-20H,5,9,12-16H2,1-4H3,(H,23,27)(H,24,28). The maximum Gasteiger partial charge on any atom is 0.407 e. The number of benzene rings is 1. The molecule has 2 amide bonds. The van der Waals surface area contributed by atoms with E-state index in [1.165, 1.54) is 5.56 Å². The predicted molar refractivity (Wildman–Crippen MR) is 115 cm³/mol. The maximum atomic E-state index is 12.5.